The first-order valence-electron chi connectivity index (χ1n) is 8.12. The van der Waals surface area contributed by atoms with Crippen LogP contribution in [0, 0.1) is 0 Å². The molecule has 0 atom stereocenters. The van der Waals surface area contributed by atoms with Gasteiger partial charge in [0.25, 0.3) is 0 Å². The van der Waals surface area contributed by atoms with Crippen LogP contribution in [0.25, 0.3) is 0 Å². The molecule has 0 unspecified atom stereocenters. The summed E-state index contributed by atoms with van der Waals surface area (Å²) in [5, 5.41) is 3.93. The zero-order valence-electron chi connectivity index (χ0n) is 12.8. The molecule has 0 heterocycles. The summed E-state index contributed by atoms with van der Waals surface area (Å²) in [5.74, 6) is 0. The summed E-state index contributed by atoms with van der Waals surface area (Å²) in [5.41, 5.74) is 5.54. The highest BCUT2D eigenvalue weighted by Crippen LogP contribution is 2.44. The first kappa shape index (κ1) is 13.4. The third kappa shape index (κ3) is 2.09. The Kier molecular flexibility index (Phi) is 3.34. The Morgan fingerprint density at radius 3 is 1.41 bits per heavy atom. The molecule has 0 radical (unpaired) electrons. The molecule has 0 bridgehead atoms. The number of nitrogens with one attached hydrogen (secondary N) is 1. The van der Waals surface area contributed by atoms with E-state index in [2.05, 4.69) is 78.2 Å². The molecule has 0 saturated carbocycles. The van der Waals surface area contributed by atoms with Gasteiger partial charge in [-0.25, -0.2) is 0 Å². The average Bonchev–Trinajstić information content (AvgIpc) is 3.36. The molecule has 0 aromatic carbocycles. The van der Waals surface area contributed by atoms with Crippen LogP contribution in [0.1, 0.15) is 25.7 Å². The zero-order chi connectivity index (χ0) is 14.8. The third-order valence-electron chi connectivity index (χ3n) is 4.88. The molecule has 4 aliphatic carbocycles. The lowest BCUT2D eigenvalue weighted by atomic mass is 9.74. The molecule has 0 aromatic heterocycles. The summed E-state index contributed by atoms with van der Waals surface area (Å²) in [6.07, 6.45) is 30.9. The molecule has 0 amide bonds. The molecule has 0 saturated heterocycles. The summed E-state index contributed by atoms with van der Waals surface area (Å²) in [6.45, 7) is 0. The SMILES string of the molecule is C1=CCC(NC(C2=CC=CC2)(C2=CC=CC2)C2=CC=CC2)=C1. The molecule has 1 N–H and O–H groups in total. The highest BCUT2D eigenvalue weighted by atomic mass is 15.0. The van der Waals surface area contributed by atoms with Crippen LogP contribution >= 0.6 is 0 Å². The van der Waals surface area contributed by atoms with E-state index in [4.69, 9.17) is 0 Å². The van der Waals surface area contributed by atoms with E-state index >= 15 is 0 Å². The van der Waals surface area contributed by atoms with Gasteiger partial charge in [0, 0.05) is 12.1 Å². The second-order valence-corrected chi connectivity index (χ2v) is 6.17. The van der Waals surface area contributed by atoms with Crippen LogP contribution in [0.2, 0.25) is 0 Å². The van der Waals surface area contributed by atoms with E-state index < -0.39 is 0 Å². The van der Waals surface area contributed by atoms with E-state index in [-0.39, 0.29) is 5.54 Å². The van der Waals surface area contributed by atoms with E-state index in [1.54, 1.807) is 0 Å². The minimum absolute atomic E-state index is 0.158. The van der Waals surface area contributed by atoms with E-state index in [1.807, 2.05) is 0 Å². The average molecular weight is 287 g/mol. The summed E-state index contributed by atoms with van der Waals surface area (Å²) in [7, 11) is 0. The Labute approximate surface area is 132 Å². The van der Waals surface area contributed by atoms with E-state index in [9.17, 15) is 0 Å². The van der Waals surface area contributed by atoms with Gasteiger partial charge in [-0.2, -0.15) is 0 Å². The maximum Gasteiger partial charge on any atom is 0.103 e. The molecule has 0 fully saturated rings. The third-order valence-corrected chi connectivity index (χ3v) is 4.88. The van der Waals surface area contributed by atoms with E-state index in [0.29, 0.717) is 0 Å². The second kappa shape index (κ2) is 5.49. The van der Waals surface area contributed by atoms with Gasteiger partial charge >= 0.3 is 0 Å². The van der Waals surface area contributed by atoms with Crippen molar-refractivity contribution in [3.63, 3.8) is 0 Å². The monoisotopic (exact) mass is 287 g/mol. The first-order chi connectivity index (χ1) is 10.9. The fraction of sp³-hybridized carbons (Fsp3) is 0.238. The van der Waals surface area contributed by atoms with Crippen LogP contribution in [0.5, 0.6) is 0 Å². The van der Waals surface area contributed by atoms with Crippen molar-refractivity contribution in [2.45, 2.75) is 31.2 Å². The van der Waals surface area contributed by atoms with Crippen molar-refractivity contribution >= 4 is 0 Å². The molecule has 4 rings (SSSR count). The Morgan fingerprint density at radius 2 is 1.05 bits per heavy atom. The molecule has 0 aromatic rings. The van der Waals surface area contributed by atoms with Crippen LogP contribution in [0.4, 0.5) is 0 Å². The van der Waals surface area contributed by atoms with Gasteiger partial charge in [-0.05, 0) is 42.1 Å². The Balaban J connectivity index is 1.79. The number of hydrogen-bond acceptors (Lipinski definition) is 1. The summed E-state index contributed by atoms with van der Waals surface area (Å²) < 4.78 is 0. The van der Waals surface area contributed by atoms with E-state index in [1.165, 1.54) is 22.4 Å². The lowest BCUT2D eigenvalue weighted by Crippen LogP contribution is -2.49. The fourth-order valence-corrected chi connectivity index (χ4v) is 3.82. The van der Waals surface area contributed by atoms with E-state index in [0.717, 1.165) is 25.7 Å². The summed E-state index contributed by atoms with van der Waals surface area (Å²) >= 11 is 0. The van der Waals surface area contributed by atoms with Gasteiger partial charge in [-0.3, -0.25) is 0 Å². The smallest absolute Gasteiger partial charge is 0.103 e. The fourth-order valence-electron chi connectivity index (χ4n) is 3.82. The van der Waals surface area contributed by atoms with Crippen molar-refractivity contribution in [2.75, 3.05) is 0 Å². The highest BCUT2D eigenvalue weighted by molar-refractivity contribution is 5.57. The molecule has 0 spiro atoms. The predicted molar refractivity (Wildman–Crippen MR) is 93.2 cm³/mol. The number of allylic oxidation sites excluding steroid dienone is 12. The molecule has 22 heavy (non-hydrogen) atoms. The van der Waals surface area contributed by atoms with Gasteiger partial charge in [0.1, 0.15) is 5.54 Å². The Hall–Kier alpha value is -2.28. The summed E-state index contributed by atoms with van der Waals surface area (Å²) in [6, 6.07) is 0. The molecule has 1 nitrogen and oxygen atoms in total. The highest BCUT2D eigenvalue weighted by Gasteiger charge is 2.41. The lowest BCUT2D eigenvalue weighted by molar-refractivity contribution is 0.530. The largest absolute Gasteiger partial charge is 0.372 e. The predicted octanol–water partition coefficient (Wildman–Crippen LogP) is 4.82. The quantitative estimate of drug-likeness (QED) is 0.764. The molecular weight excluding hydrogens is 266 g/mol. The minimum Gasteiger partial charge on any atom is -0.372 e. The van der Waals surface area contributed by atoms with Crippen LogP contribution in [-0.4, -0.2) is 5.54 Å². The Morgan fingerprint density at radius 1 is 0.591 bits per heavy atom. The number of rotatable bonds is 5. The summed E-state index contributed by atoms with van der Waals surface area (Å²) in [4.78, 5) is 0. The van der Waals surface area contributed by atoms with Gasteiger partial charge < -0.3 is 5.32 Å². The molecule has 110 valence electrons. The standard InChI is InChI=1S/C21H21N/c1-2-10-17(9-1)21(18-11-3-4-12-18,19-13-5-6-14-19)22-20-15-7-8-16-20/h1-9,11,13,15,22H,10,12,14,16H2. The first-order valence-corrected chi connectivity index (χ1v) is 8.12. The Bertz CT molecular complexity index is 643. The maximum absolute atomic E-state index is 3.93. The van der Waals surface area contributed by atoms with Gasteiger partial charge in [-0.15, -0.1) is 0 Å². The van der Waals surface area contributed by atoms with Crippen LogP contribution in [0.15, 0.2) is 95.3 Å². The molecular formula is C21H21N. The van der Waals surface area contributed by atoms with Crippen LogP contribution in [-0.2, 0) is 0 Å². The van der Waals surface area contributed by atoms with Crippen molar-refractivity contribution in [2.24, 2.45) is 0 Å². The van der Waals surface area contributed by atoms with Gasteiger partial charge in [0.2, 0.25) is 0 Å². The lowest BCUT2D eigenvalue weighted by Gasteiger charge is -2.41. The number of hydrogen-bond donors (Lipinski definition) is 1. The maximum atomic E-state index is 3.93. The molecule has 1 heteroatoms. The van der Waals surface area contributed by atoms with Crippen molar-refractivity contribution in [3.8, 4) is 0 Å². The van der Waals surface area contributed by atoms with Crippen molar-refractivity contribution < 1.29 is 0 Å². The van der Waals surface area contributed by atoms with Gasteiger partial charge in [0.05, 0.1) is 0 Å². The normalized spacial score (nSPS) is 22.2. The van der Waals surface area contributed by atoms with Gasteiger partial charge in [0.15, 0.2) is 0 Å². The molecule has 4 aliphatic rings. The molecule has 0 aliphatic heterocycles. The zero-order valence-corrected chi connectivity index (χ0v) is 12.8. The van der Waals surface area contributed by atoms with Crippen molar-refractivity contribution in [3.05, 3.63) is 95.3 Å². The van der Waals surface area contributed by atoms with Crippen LogP contribution in [0.3, 0.4) is 0 Å². The second-order valence-electron chi connectivity index (χ2n) is 6.17. The van der Waals surface area contributed by atoms with Crippen LogP contribution < -0.4 is 5.32 Å². The van der Waals surface area contributed by atoms with Crippen molar-refractivity contribution in [1.82, 2.24) is 5.32 Å². The van der Waals surface area contributed by atoms with Crippen molar-refractivity contribution in [1.29, 1.82) is 0 Å². The minimum atomic E-state index is -0.158. The van der Waals surface area contributed by atoms with Gasteiger partial charge in [-0.1, -0.05) is 66.8 Å². The topological polar surface area (TPSA) is 12.0 Å².